The van der Waals surface area contributed by atoms with Crippen molar-refractivity contribution in [3.63, 3.8) is 0 Å². The second kappa shape index (κ2) is 5.12. The fraction of sp³-hybridized carbons (Fsp3) is 0.462. The first-order valence-corrected chi connectivity index (χ1v) is 6.44. The van der Waals surface area contributed by atoms with E-state index in [0.29, 0.717) is 18.9 Å². The number of ether oxygens (including phenoxy) is 3. The molecule has 2 heterocycles. The van der Waals surface area contributed by atoms with Crippen LogP contribution < -0.4 is 20.1 Å². The number of alkyl halides is 2. The summed E-state index contributed by atoms with van der Waals surface area (Å²) >= 11 is 0. The van der Waals surface area contributed by atoms with Crippen molar-refractivity contribution in [1.29, 1.82) is 0 Å². The van der Waals surface area contributed by atoms with Gasteiger partial charge in [-0.25, -0.2) is 0 Å². The van der Waals surface area contributed by atoms with Crippen LogP contribution in [0.2, 0.25) is 0 Å². The Bertz CT molecular complexity index is 567. The van der Waals surface area contributed by atoms with Crippen molar-refractivity contribution >= 4 is 11.6 Å². The summed E-state index contributed by atoms with van der Waals surface area (Å²) in [6, 6.07) is 4.04. The van der Waals surface area contributed by atoms with Crippen LogP contribution in [0, 0.1) is 5.92 Å². The molecule has 8 heteroatoms. The van der Waals surface area contributed by atoms with Crippen molar-refractivity contribution in [2.24, 2.45) is 5.92 Å². The van der Waals surface area contributed by atoms with E-state index in [1.807, 2.05) is 0 Å². The van der Waals surface area contributed by atoms with E-state index in [4.69, 9.17) is 4.74 Å². The highest BCUT2D eigenvalue weighted by atomic mass is 19.3. The number of hydrogen-bond acceptors (Lipinski definition) is 5. The van der Waals surface area contributed by atoms with Gasteiger partial charge in [-0.1, -0.05) is 0 Å². The second-order valence-corrected chi connectivity index (χ2v) is 4.86. The first kappa shape index (κ1) is 14.0. The van der Waals surface area contributed by atoms with Gasteiger partial charge in [0.25, 0.3) is 0 Å². The van der Waals surface area contributed by atoms with Gasteiger partial charge in [0.15, 0.2) is 11.5 Å². The summed E-state index contributed by atoms with van der Waals surface area (Å²) in [4.78, 5) is 12.2. The highest BCUT2D eigenvalue weighted by molar-refractivity contribution is 5.93. The Balaban J connectivity index is 1.70. The molecule has 6 nitrogen and oxygen atoms in total. The fourth-order valence-electron chi connectivity index (χ4n) is 2.36. The number of likely N-dealkylation sites (N-methyl/N-ethyl adjacent to an activating group) is 1. The lowest BCUT2D eigenvalue weighted by molar-refractivity contribution is -0.286. The fourth-order valence-corrected chi connectivity index (χ4v) is 2.36. The highest BCUT2D eigenvalue weighted by Crippen LogP contribution is 2.42. The number of carbonyl (C=O) groups is 1. The number of nitrogens with one attached hydrogen (secondary N) is 2. The van der Waals surface area contributed by atoms with Gasteiger partial charge in [0, 0.05) is 17.8 Å². The predicted octanol–water partition coefficient (Wildman–Crippen LogP) is 1.18. The third-order valence-corrected chi connectivity index (χ3v) is 3.46. The molecule has 0 spiro atoms. The standard InChI is InChI=1S/C13H14F2N2O4/c1-16-9-6-19-5-8(9)12(18)17-7-2-3-10-11(4-7)21-13(14,15)20-10/h2-4,8-9,16H,5-6H2,1H3,(H,17,18). The maximum absolute atomic E-state index is 12.9. The maximum atomic E-state index is 12.9. The smallest absolute Gasteiger partial charge is 0.395 e. The van der Waals surface area contributed by atoms with Gasteiger partial charge in [0.1, 0.15) is 0 Å². The topological polar surface area (TPSA) is 68.8 Å². The van der Waals surface area contributed by atoms with Crippen LogP contribution in [0.25, 0.3) is 0 Å². The van der Waals surface area contributed by atoms with E-state index < -0.39 is 6.29 Å². The molecule has 3 rings (SSSR count). The molecule has 21 heavy (non-hydrogen) atoms. The molecule has 0 radical (unpaired) electrons. The monoisotopic (exact) mass is 300 g/mol. The molecule has 1 amide bonds. The van der Waals surface area contributed by atoms with E-state index in [2.05, 4.69) is 20.1 Å². The van der Waals surface area contributed by atoms with Gasteiger partial charge in [-0.05, 0) is 19.2 Å². The Hall–Kier alpha value is -1.93. The summed E-state index contributed by atoms with van der Waals surface area (Å²) in [5.74, 6) is -0.736. The molecule has 0 bridgehead atoms. The number of benzene rings is 1. The third-order valence-electron chi connectivity index (χ3n) is 3.46. The Morgan fingerprint density at radius 1 is 1.29 bits per heavy atom. The molecule has 2 atom stereocenters. The molecule has 1 aromatic carbocycles. The Kier molecular flexibility index (Phi) is 3.42. The maximum Gasteiger partial charge on any atom is 0.586 e. The van der Waals surface area contributed by atoms with Crippen LogP contribution in [0.5, 0.6) is 11.5 Å². The van der Waals surface area contributed by atoms with E-state index in [1.54, 1.807) is 7.05 Å². The average Bonchev–Trinajstić information content (AvgIpc) is 3.00. The molecule has 1 aromatic rings. The molecule has 2 unspecified atom stereocenters. The summed E-state index contributed by atoms with van der Waals surface area (Å²) in [6.07, 6.45) is -3.67. The molecule has 1 fully saturated rings. The molecule has 0 saturated carbocycles. The minimum Gasteiger partial charge on any atom is -0.395 e. The average molecular weight is 300 g/mol. The highest BCUT2D eigenvalue weighted by Gasteiger charge is 2.43. The van der Waals surface area contributed by atoms with Crippen molar-refractivity contribution in [2.45, 2.75) is 12.3 Å². The van der Waals surface area contributed by atoms with E-state index >= 15 is 0 Å². The van der Waals surface area contributed by atoms with E-state index in [-0.39, 0.29) is 29.4 Å². The zero-order valence-electron chi connectivity index (χ0n) is 11.2. The van der Waals surface area contributed by atoms with Crippen LogP contribution in [-0.2, 0) is 9.53 Å². The molecule has 1 saturated heterocycles. The van der Waals surface area contributed by atoms with Crippen molar-refractivity contribution in [1.82, 2.24) is 5.32 Å². The first-order chi connectivity index (χ1) is 9.98. The number of anilines is 1. The molecular formula is C13H14F2N2O4. The Labute approximate surface area is 119 Å². The third kappa shape index (κ3) is 2.77. The van der Waals surface area contributed by atoms with Crippen molar-refractivity contribution in [3.8, 4) is 11.5 Å². The number of hydrogen-bond donors (Lipinski definition) is 2. The number of amides is 1. The van der Waals surface area contributed by atoms with Crippen molar-refractivity contribution < 1.29 is 27.8 Å². The zero-order valence-corrected chi connectivity index (χ0v) is 11.2. The Morgan fingerprint density at radius 3 is 2.81 bits per heavy atom. The van der Waals surface area contributed by atoms with Crippen molar-refractivity contribution in [2.75, 3.05) is 25.6 Å². The van der Waals surface area contributed by atoms with Gasteiger partial charge in [-0.15, -0.1) is 8.78 Å². The van der Waals surface area contributed by atoms with Crippen LogP contribution in [0.3, 0.4) is 0 Å². The molecule has 0 aromatic heterocycles. The normalized spacial score (nSPS) is 25.9. The van der Waals surface area contributed by atoms with Crippen LogP contribution in [0.1, 0.15) is 0 Å². The van der Waals surface area contributed by atoms with Gasteiger partial charge in [-0.3, -0.25) is 4.79 Å². The molecule has 0 aliphatic carbocycles. The summed E-state index contributed by atoms with van der Waals surface area (Å²) in [6.45, 7) is 0.780. The van der Waals surface area contributed by atoms with Crippen LogP contribution in [0.4, 0.5) is 14.5 Å². The molecule has 2 aliphatic heterocycles. The van der Waals surface area contributed by atoms with Gasteiger partial charge in [-0.2, -0.15) is 0 Å². The van der Waals surface area contributed by atoms with Crippen molar-refractivity contribution in [3.05, 3.63) is 18.2 Å². The van der Waals surface area contributed by atoms with E-state index in [9.17, 15) is 13.6 Å². The second-order valence-electron chi connectivity index (χ2n) is 4.86. The summed E-state index contributed by atoms with van der Waals surface area (Å²) in [5, 5.41) is 5.67. The lowest BCUT2D eigenvalue weighted by Crippen LogP contribution is -2.39. The lowest BCUT2D eigenvalue weighted by Gasteiger charge is -2.16. The van der Waals surface area contributed by atoms with Gasteiger partial charge in [0.05, 0.1) is 19.1 Å². The predicted molar refractivity (Wildman–Crippen MR) is 68.4 cm³/mol. The van der Waals surface area contributed by atoms with Gasteiger partial charge in [0.2, 0.25) is 5.91 Å². The molecular weight excluding hydrogens is 286 g/mol. The van der Waals surface area contributed by atoms with Crippen LogP contribution in [-0.4, -0.2) is 38.5 Å². The van der Waals surface area contributed by atoms with Gasteiger partial charge >= 0.3 is 6.29 Å². The summed E-state index contributed by atoms with van der Waals surface area (Å²) in [7, 11) is 1.75. The van der Waals surface area contributed by atoms with E-state index in [0.717, 1.165) is 0 Å². The van der Waals surface area contributed by atoms with Gasteiger partial charge < -0.3 is 24.8 Å². The molecule has 2 N–H and O–H groups in total. The van der Waals surface area contributed by atoms with Crippen LogP contribution >= 0.6 is 0 Å². The minimum absolute atomic E-state index is 0.0599. The lowest BCUT2D eigenvalue weighted by atomic mass is 10.0. The quantitative estimate of drug-likeness (QED) is 0.877. The zero-order chi connectivity index (χ0) is 15.0. The number of halogens is 2. The van der Waals surface area contributed by atoms with E-state index in [1.165, 1.54) is 18.2 Å². The first-order valence-electron chi connectivity index (χ1n) is 6.44. The molecule has 114 valence electrons. The Morgan fingerprint density at radius 2 is 2.05 bits per heavy atom. The number of rotatable bonds is 3. The number of fused-ring (bicyclic) bond motifs is 1. The summed E-state index contributed by atoms with van der Waals surface area (Å²) in [5.41, 5.74) is 0.363. The van der Waals surface area contributed by atoms with Crippen LogP contribution in [0.15, 0.2) is 18.2 Å². The SMILES string of the molecule is CNC1COCC1C(=O)Nc1ccc2c(c1)OC(F)(F)O2. The largest absolute Gasteiger partial charge is 0.586 e. The molecule has 2 aliphatic rings. The minimum atomic E-state index is -3.67. The summed E-state index contributed by atoms with van der Waals surface area (Å²) < 4.78 is 39.7. The number of carbonyl (C=O) groups excluding carboxylic acids is 1.